The Labute approximate surface area is 178 Å². The SMILES string of the molecule is CCOc1ccccc1NC(=O)[C@@H]([NH2+][C@@H]1CCCc2ccccc21)c1ccccc1. The van der Waals surface area contributed by atoms with E-state index in [0.717, 1.165) is 24.8 Å². The van der Waals surface area contributed by atoms with Gasteiger partial charge in [0.05, 0.1) is 12.3 Å². The average molecular weight is 402 g/mol. The summed E-state index contributed by atoms with van der Waals surface area (Å²) in [6.07, 6.45) is 3.34. The van der Waals surface area contributed by atoms with E-state index in [1.807, 2.05) is 61.5 Å². The maximum Gasteiger partial charge on any atom is 0.287 e. The molecule has 0 bridgehead atoms. The fourth-order valence-electron chi connectivity index (χ4n) is 4.30. The number of fused-ring (bicyclic) bond motifs is 1. The predicted molar refractivity (Wildman–Crippen MR) is 119 cm³/mol. The van der Waals surface area contributed by atoms with E-state index >= 15 is 0 Å². The van der Waals surface area contributed by atoms with Crippen LogP contribution in [0.4, 0.5) is 5.69 Å². The van der Waals surface area contributed by atoms with Gasteiger partial charge in [-0.3, -0.25) is 4.79 Å². The van der Waals surface area contributed by atoms with Crippen molar-refractivity contribution in [3.63, 3.8) is 0 Å². The van der Waals surface area contributed by atoms with Gasteiger partial charge in [-0.15, -0.1) is 0 Å². The Kier molecular flexibility index (Phi) is 6.45. The number of rotatable bonds is 7. The molecule has 0 aromatic heterocycles. The highest BCUT2D eigenvalue weighted by Crippen LogP contribution is 2.29. The van der Waals surface area contributed by atoms with Gasteiger partial charge >= 0.3 is 0 Å². The molecule has 30 heavy (non-hydrogen) atoms. The van der Waals surface area contributed by atoms with E-state index < -0.39 is 0 Å². The molecule has 3 N–H and O–H groups in total. The number of anilines is 1. The van der Waals surface area contributed by atoms with Crippen molar-refractivity contribution in [3.05, 3.63) is 95.6 Å². The van der Waals surface area contributed by atoms with Crippen molar-refractivity contribution in [1.82, 2.24) is 0 Å². The van der Waals surface area contributed by atoms with Crippen molar-refractivity contribution >= 4 is 11.6 Å². The minimum absolute atomic E-state index is 0.0311. The van der Waals surface area contributed by atoms with Gasteiger partial charge in [0.15, 0.2) is 6.04 Å². The zero-order valence-electron chi connectivity index (χ0n) is 17.4. The number of carbonyl (C=O) groups is 1. The van der Waals surface area contributed by atoms with Crippen LogP contribution in [-0.2, 0) is 11.2 Å². The van der Waals surface area contributed by atoms with Crippen LogP contribution in [0.3, 0.4) is 0 Å². The number of nitrogens with one attached hydrogen (secondary N) is 1. The number of carbonyl (C=O) groups excluding carboxylic acids is 1. The number of hydrogen-bond donors (Lipinski definition) is 2. The van der Waals surface area contributed by atoms with E-state index in [1.54, 1.807) is 0 Å². The zero-order valence-corrected chi connectivity index (χ0v) is 17.4. The molecule has 1 amide bonds. The first-order chi connectivity index (χ1) is 14.8. The highest BCUT2D eigenvalue weighted by molar-refractivity contribution is 5.95. The topological polar surface area (TPSA) is 54.9 Å². The summed E-state index contributed by atoms with van der Waals surface area (Å²) >= 11 is 0. The van der Waals surface area contributed by atoms with E-state index in [1.165, 1.54) is 11.1 Å². The van der Waals surface area contributed by atoms with Gasteiger partial charge in [-0.1, -0.05) is 66.7 Å². The van der Waals surface area contributed by atoms with Crippen molar-refractivity contribution < 1.29 is 14.8 Å². The third kappa shape index (κ3) is 4.55. The highest BCUT2D eigenvalue weighted by Gasteiger charge is 2.31. The van der Waals surface area contributed by atoms with Crippen LogP contribution in [0.25, 0.3) is 0 Å². The third-order valence-electron chi connectivity index (χ3n) is 5.73. The number of ether oxygens (including phenoxy) is 1. The fourth-order valence-corrected chi connectivity index (χ4v) is 4.30. The van der Waals surface area contributed by atoms with Crippen LogP contribution in [0.5, 0.6) is 5.75 Å². The molecule has 0 heterocycles. The van der Waals surface area contributed by atoms with Crippen molar-refractivity contribution in [1.29, 1.82) is 0 Å². The minimum Gasteiger partial charge on any atom is -0.492 e. The van der Waals surface area contributed by atoms with Crippen molar-refractivity contribution in [3.8, 4) is 5.75 Å². The van der Waals surface area contributed by atoms with Crippen molar-refractivity contribution in [2.45, 2.75) is 38.3 Å². The second kappa shape index (κ2) is 9.59. The number of amides is 1. The summed E-state index contributed by atoms with van der Waals surface area (Å²) in [6, 6.07) is 26.2. The molecule has 4 heteroatoms. The molecule has 4 nitrogen and oxygen atoms in total. The van der Waals surface area contributed by atoms with Crippen LogP contribution in [0.15, 0.2) is 78.9 Å². The first kappa shape index (κ1) is 20.2. The van der Waals surface area contributed by atoms with E-state index in [-0.39, 0.29) is 18.0 Å². The number of quaternary nitrogens is 1. The van der Waals surface area contributed by atoms with E-state index in [9.17, 15) is 4.79 Å². The molecule has 0 radical (unpaired) electrons. The summed E-state index contributed by atoms with van der Waals surface area (Å²) in [6.45, 7) is 2.50. The molecule has 4 rings (SSSR count). The molecule has 154 valence electrons. The van der Waals surface area contributed by atoms with Gasteiger partial charge in [-0.05, 0) is 37.5 Å². The lowest BCUT2D eigenvalue weighted by atomic mass is 9.87. The van der Waals surface area contributed by atoms with Crippen LogP contribution >= 0.6 is 0 Å². The maximum atomic E-state index is 13.5. The molecule has 0 spiro atoms. The van der Waals surface area contributed by atoms with E-state index in [2.05, 4.69) is 34.9 Å². The smallest absolute Gasteiger partial charge is 0.287 e. The summed E-state index contributed by atoms with van der Waals surface area (Å²) in [7, 11) is 0. The number of aryl methyl sites for hydroxylation is 1. The number of benzene rings is 3. The third-order valence-corrected chi connectivity index (χ3v) is 5.73. The molecule has 0 aliphatic heterocycles. The predicted octanol–water partition coefficient (Wildman–Crippen LogP) is 4.41. The van der Waals surface area contributed by atoms with Crippen LogP contribution < -0.4 is 15.4 Å². The first-order valence-electron chi connectivity index (χ1n) is 10.8. The molecule has 1 aliphatic carbocycles. The lowest BCUT2D eigenvalue weighted by Gasteiger charge is -2.27. The van der Waals surface area contributed by atoms with Crippen LogP contribution in [0.2, 0.25) is 0 Å². The van der Waals surface area contributed by atoms with Gasteiger partial charge in [0.1, 0.15) is 11.8 Å². The molecular weight excluding hydrogens is 372 g/mol. The lowest BCUT2D eigenvalue weighted by Crippen LogP contribution is -2.88. The molecule has 0 fully saturated rings. The quantitative estimate of drug-likeness (QED) is 0.616. The first-order valence-corrected chi connectivity index (χ1v) is 10.8. The van der Waals surface area contributed by atoms with E-state index in [0.29, 0.717) is 18.0 Å². The van der Waals surface area contributed by atoms with Crippen LogP contribution in [0.1, 0.15) is 48.5 Å². The Hall–Kier alpha value is -3.11. The Bertz CT molecular complexity index is 987. The molecule has 1 aliphatic rings. The Morgan fingerprint density at radius 3 is 2.60 bits per heavy atom. The van der Waals surface area contributed by atoms with Gasteiger partial charge in [-0.2, -0.15) is 0 Å². The molecule has 0 unspecified atom stereocenters. The monoisotopic (exact) mass is 401 g/mol. The second-order valence-electron chi connectivity index (χ2n) is 7.70. The fraction of sp³-hybridized carbons (Fsp3) is 0.269. The Balaban J connectivity index is 1.61. The molecule has 0 saturated carbocycles. The highest BCUT2D eigenvalue weighted by atomic mass is 16.5. The summed E-state index contributed by atoms with van der Waals surface area (Å²) in [4.78, 5) is 13.5. The maximum absolute atomic E-state index is 13.5. The number of para-hydroxylation sites is 2. The Morgan fingerprint density at radius 1 is 1.03 bits per heavy atom. The number of nitrogens with two attached hydrogens (primary N) is 1. The molecule has 3 aromatic carbocycles. The van der Waals surface area contributed by atoms with E-state index in [4.69, 9.17) is 4.74 Å². The van der Waals surface area contributed by atoms with Gasteiger partial charge in [-0.25, -0.2) is 0 Å². The van der Waals surface area contributed by atoms with Gasteiger partial charge in [0, 0.05) is 17.5 Å². The normalized spacial score (nSPS) is 16.4. The molecule has 3 aromatic rings. The molecule has 2 atom stereocenters. The standard InChI is InChI=1S/C26H28N2O2/c1-2-30-24-18-9-8-16-23(24)28-26(29)25(20-12-4-3-5-13-20)27-22-17-10-14-19-11-6-7-15-21(19)22/h3-9,11-13,15-16,18,22,25,27H,2,10,14,17H2,1H3,(H,28,29)/p+1/t22-,25+/m1/s1. The van der Waals surface area contributed by atoms with Gasteiger partial charge < -0.3 is 15.4 Å². The summed E-state index contributed by atoms with van der Waals surface area (Å²) in [5.41, 5.74) is 4.47. The van der Waals surface area contributed by atoms with Crippen molar-refractivity contribution in [2.75, 3.05) is 11.9 Å². The second-order valence-corrected chi connectivity index (χ2v) is 7.70. The zero-order chi connectivity index (χ0) is 20.8. The molecular formula is C26H29N2O2+. The summed E-state index contributed by atoms with van der Waals surface area (Å²) in [5, 5.41) is 5.34. The summed E-state index contributed by atoms with van der Waals surface area (Å²) in [5.74, 6) is 0.666. The number of hydrogen-bond acceptors (Lipinski definition) is 2. The summed E-state index contributed by atoms with van der Waals surface area (Å²) < 4.78 is 5.69. The molecule has 0 saturated heterocycles. The van der Waals surface area contributed by atoms with Crippen LogP contribution in [0, 0.1) is 0 Å². The Morgan fingerprint density at radius 2 is 1.77 bits per heavy atom. The van der Waals surface area contributed by atoms with Crippen LogP contribution in [-0.4, -0.2) is 12.5 Å². The van der Waals surface area contributed by atoms with Crippen molar-refractivity contribution in [2.24, 2.45) is 0 Å². The largest absolute Gasteiger partial charge is 0.492 e. The van der Waals surface area contributed by atoms with Gasteiger partial charge in [0.25, 0.3) is 5.91 Å². The lowest BCUT2D eigenvalue weighted by molar-refractivity contribution is -0.723. The average Bonchev–Trinajstić information content (AvgIpc) is 2.79. The minimum atomic E-state index is -0.336. The van der Waals surface area contributed by atoms with Gasteiger partial charge in [0.2, 0.25) is 0 Å².